The Labute approximate surface area is 172 Å². The van der Waals surface area contributed by atoms with Gasteiger partial charge in [-0.2, -0.15) is 0 Å². The summed E-state index contributed by atoms with van der Waals surface area (Å²) in [5.74, 6) is -2.36. The molecule has 11 heteroatoms. The number of ether oxygens (including phenoxy) is 5. The van der Waals surface area contributed by atoms with Crippen LogP contribution in [0, 0.1) is 0 Å². The second-order valence-electron chi connectivity index (χ2n) is 8.02. The van der Waals surface area contributed by atoms with Crippen LogP contribution in [0.4, 0.5) is 5.13 Å². The summed E-state index contributed by atoms with van der Waals surface area (Å²) in [6.07, 6.45) is -1.62. The molecule has 4 rings (SSSR count). The monoisotopic (exact) mass is 427 g/mol. The summed E-state index contributed by atoms with van der Waals surface area (Å²) in [5, 5.41) is 7.68. The predicted octanol–water partition coefficient (Wildman–Crippen LogP) is 0.984. The maximum absolute atomic E-state index is 12.8. The van der Waals surface area contributed by atoms with E-state index in [1.807, 2.05) is 0 Å². The Morgan fingerprint density at radius 1 is 1.07 bits per heavy atom. The van der Waals surface area contributed by atoms with Crippen molar-refractivity contribution < 1.29 is 33.3 Å². The first-order chi connectivity index (χ1) is 13.6. The van der Waals surface area contributed by atoms with Crippen LogP contribution in [0.25, 0.3) is 0 Å². The van der Waals surface area contributed by atoms with Gasteiger partial charge in [-0.15, -0.1) is 11.3 Å². The Morgan fingerprint density at radius 3 is 2.48 bits per heavy atom. The molecule has 1 aromatic heterocycles. The van der Waals surface area contributed by atoms with Crippen LogP contribution in [0.5, 0.6) is 0 Å². The molecule has 2 amide bonds. The highest BCUT2D eigenvalue weighted by Gasteiger charge is 2.62. The second kappa shape index (κ2) is 7.56. The average molecular weight is 427 g/mol. The van der Waals surface area contributed by atoms with Gasteiger partial charge in [0, 0.05) is 24.5 Å². The third kappa shape index (κ3) is 4.44. The highest BCUT2D eigenvalue weighted by Crippen LogP contribution is 2.44. The van der Waals surface area contributed by atoms with Crippen LogP contribution in [0.15, 0.2) is 11.6 Å². The Hall–Kier alpha value is -1.63. The Kier molecular flexibility index (Phi) is 5.38. The van der Waals surface area contributed by atoms with Crippen LogP contribution in [0.2, 0.25) is 0 Å². The molecule has 0 saturated carbocycles. The number of anilines is 1. The number of rotatable bonds is 5. The summed E-state index contributed by atoms with van der Waals surface area (Å²) < 4.78 is 29.5. The minimum Gasteiger partial charge on any atom is -0.353 e. The summed E-state index contributed by atoms with van der Waals surface area (Å²) in [7, 11) is 0. The van der Waals surface area contributed by atoms with Crippen molar-refractivity contribution >= 4 is 28.3 Å². The molecular formula is C18H25N3O7S. The van der Waals surface area contributed by atoms with Gasteiger partial charge >= 0.3 is 0 Å². The molecule has 3 fully saturated rings. The molecule has 1 aromatic rings. The number of amides is 2. The predicted molar refractivity (Wildman–Crippen MR) is 101 cm³/mol. The topological polar surface area (TPSA) is 117 Å². The number of hydrogen-bond acceptors (Lipinski definition) is 9. The third-order valence-electron chi connectivity index (χ3n) is 4.74. The van der Waals surface area contributed by atoms with Gasteiger partial charge in [0.25, 0.3) is 5.91 Å². The van der Waals surface area contributed by atoms with E-state index in [0.29, 0.717) is 5.13 Å². The molecule has 3 aliphatic rings. The Morgan fingerprint density at radius 2 is 1.76 bits per heavy atom. The Bertz CT molecular complexity index is 770. The quantitative estimate of drug-likeness (QED) is 0.714. The minimum absolute atomic E-state index is 0.105. The van der Waals surface area contributed by atoms with Gasteiger partial charge in [-0.05, 0) is 27.7 Å². The number of hydrogen-bond donors (Lipinski definition) is 2. The molecule has 0 aromatic carbocycles. The highest BCUT2D eigenvalue weighted by molar-refractivity contribution is 7.13. The molecule has 0 spiro atoms. The van der Waals surface area contributed by atoms with E-state index in [4.69, 9.17) is 23.7 Å². The largest absolute Gasteiger partial charge is 0.353 e. The van der Waals surface area contributed by atoms with Gasteiger partial charge in [-0.1, -0.05) is 0 Å². The smallest absolute Gasteiger partial charge is 0.252 e. The molecule has 0 unspecified atom stereocenters. The second-order valence-corrected chi connectivity index (χ2v) is 8.91. The molecule has 3 aliphatic heterocycles. The van der Waals surface area contributed by atoms with Crippen LogP contribution in [0.3, 0.4) is 0 Å². The van der Waals surface area contributed by atoms with Crippen LogP contribution >= 0.6 is 11.3 Å². The molecular weight excluding hydrogens is 402 g/mol. The number of carbonyl (C=O) groups is 2. The zero-order valence-electron chi connectivity index (χ0n) is 16.7. The lowest BCUT2D eigenvalue weighted by molar-refractivity contribution is -0.231. The minimum atomic E-state index is -0.942. The van der Waals surface area contributed by atoms with Crippen molar-refractivity contribution in [2.24, 2.45) is 0 Å². The van der Waals surface area contributed by atoms with E-state index < -0.39 is 48.2 Å². The summed E-state index contributed by atoms with van der Waals surface area (Å²) in [5.41, 5.74) is 0. The average Bonchev–Trinajstić information content (AvgIpc) is 3.29. The summed E-state index contributed by atoms with van der Waals surface area (Å²) in [6.45, 7) is 7.26. The fourth-order valence-corrected chi connectivity index (χ4v) is 4.24. The SMILES string of the molecule is CC1(C)O[C@@H]2O[C@H](C(=O)NCCC(=O)Nc3nccs3)[C@@H]3OC(C)(C)O[C@@H]3[C@@H]2O1. The van der Waals surface area contributed by atoms with Crippen LogP contribution in [0.1, 0.15) is 34.1 Å². The molecule has 0 aliphatic carbocycles. The van der Waals surface area contributed by atoms with E-state index in [1.54, 1.807) is 39.3 Å². The number of fused-ring (bicyclic) bond motifs is 3. The van der Waals surface area contributed by atoms with Gasteiger partial charge in [0.05, 0.1) is 0 Å². The lowest BCUT2D eigenvalue weighted by Gasteiger charge is -2.36. The van der Waals surface area contributed by atoms with Crippen LogP contribution in [-0.2, 0) is 33.3 Å². The van der Waals surface area contributed by atoms with E-state index in [-0.39, 0.29) is 18.9 Å². The fourth-order valence-electron chi connectivity index (χ4n) is 3.69. The third-order valence-corrected chi connectivity index (χ3v) is 5.43. The summed E-state index contributed by atoms with van der Waals surface area (Å²) in [6, 6.07) is 0. The normalized spacial score (nSPS) is 34.3. The summed E-state index contributed by atoms with van der Waals surface area (Å²) >= 11 is 1.33. The molecule has 29 heavy (non-hydrogen) atoms. The summed E-state index contributed by atoms with van der Waals surface area (Å²) in [4.78, 5) is 28.7. The first-order valence-corrected chi connectivity index (χ1v) is 10.4. The van der Waals surface area contributed by atoms with Crippen molar-refractivity contribution in [1.82, 2.24) is 10.3 Å². The first kappa shape index (κ1) is 20.6. The number of nitrogens with one attached hydrogen (secondary N) is 2. The van der Waals surface area contributed by atoms with Crippen molar-refractivity contribution in [3.63, 3.8) is 0 Å². The lowest BCUT2D eigenvalue weighted by Crippen LogP contribution is -2.59. The molecule has 4 heterocycles. The Balaban J connectivity index is 1.36. The van der Waals surface area contributed by atoms with Crippen molar-refractivity contribution in [3.05, 3.63) is 11.6 Å². The van der Waals surface area contributed by atoms with Gasteiger partial charge in [0.1, 0.15) is 18.3 Å². The number of nitrogens with zero attached hydrogens (tertiary/aromatic N) is 1. The first-order valence-electron chi connectivity index (χ1n) is 9.47. The molecule has 3 saturated heterocycles. The van der Waals surface area contributed by atoms with Gasteiger partial charge in [-0.3, -0.25) is 9.59 Å². The van der Waals surface area contributed by atoms with E-state index in [2.05, 4.69) is 15.6 Å². The molecule has 0 radical (unpaired) electrons. The van der Waals surface area contributed by atoms with Crippen LogP contribution < -0.4 is 10.6 Å². The zero-order chi connectivity index (χ0) is 20.8. The van der Waals surface area contributed by atoms with Gasteiger partial charge in [-0.25, -0.2) is 4.98 Å². The van der Waals surface area contributed by atoms with Gasteiger partial charge in [0.2, 0.25) is 5.91 Å². The maximum Gasteiger partial charge on any atom is 0.252 e. The van der Waals surface area contributed by atoms with E-state index in [0.717, 1.165) is 0 Å². The number of aromatic nitrogens is 1. The molecule has 5 atom stereocenters. The lowest BCUT2D eigenvalue weighted by atomic mass is 9.98. The maximum atomic E-state index is 12.8. The zero-order valence-corrected chi connectivity index (χ0v) is 17.5. The van der Waals surface area contributed by atoms with Crippen molar-refractivity contribution in [3.8, 4) is 0 Å². The van der Waals surface area contributed by atoms with Gasteiger partial charge < -0.3 is 34.3 Å². The van der Waals surface area contributed by atoms with E-state index >= 15 is 0 Å². The molecule has 160 valence electrons. The van der Waals surface area contributed by atoms with Crippen molar-refractivity contribution in [1.29, 1.82) is 0 Å². The van der Waals surface area contributed by atoms with E-state index in [9.17, 15) is 9.59 Å². The van der Waals surface area contributed by atoms with Crippen molar-refractivity contribution in [2.45, 2.75) is 76.4 Å². The fraction of sp³-hybridized carbons (Fsp3) is 0.722. The molecule has 0 bridgehead atoms. The number of carbonyl (C=O) groups excluding carboxylic acids is 2. The van der Waals surface area contributed by atoms with Gasteiger partial charge in [0.15, 0.2) is 29.1 Å². The highest BCUT2D eigenvalue weighted by atomic mass is 32.1. The van der Waals surface area contributed by atoms with Crippen LogP contribution in [-0.4, -0.2) is 65.6 Å². The molecule has 2 N–H and O–H groups in total. The number of thiazole rings is 1. The van der Waals surface area contributed by atoms with Crippen molar-refractivity contribution in [2.75, 3.05) is 11.9 Å². The standard InChI is InChI=1S/C18H25N3O7S/c1-17(2)25-10-11(26-17)13-15(28-18(3,4)27-13)24-12(10)14(23)19-6-5-9(22)21-16-20-7-8-29-16/h7-8,10-13,15H,5-6H2,1-4H3,(H,19,23)(H,20,21,22)/t10-,11+,12+,13+,15+/m1/s1. The van der Waals surface area contributed by atoms with E-state index in [1.165, 1.54) is 11.3 Å². The molecule has 10 nitrogen and oxygen atoms in total.